The molecule has 0 aliphatic carbocycles. The number of rotatable bonds is 18. The summed E-state index contributed by atoms with van der Waals surface area (Å²) < 4.78 is 13.4. The van der Waals surface area contributed by atoms with Crippen molar-refractivity contribution in [1.29, 1.82) is 0 Å². The molecule has 0 radical (unpaired) electrons. The first-order chi connectivity index (χ1) is 21.6. The fourth-order valence-corrected chi connectivity index (χ4v) is 8.44. The molecule has 0 atom stereocenters. The van der Waals surface area contributed by atoms with Crippen LogP contribution in [0.2, 0.25) is 0 Å². The summed E-state index contributed by atoms with van der Waals surface area (Å²) in [4.78, 5) is 21.9. The van der Waals surface area contributed by atoms with Crippen molar-refractivity contribution < 1.29 is 14.4 Å². The maximum Gasteiger partial charge on any atom is 0.356 e. The van der Waals surface area contributed by atoms with Gasteiger partial charge in [-0.05, 0) is 80.5 Å². The standard InChI is InChI=1S/C42H63O3P/c1-10-13-20-29-40(4,5)35-25-18-16-23-32(35)33-27-28-37(46(43,44)45)39(42(8,9)31-22-15-12-3)38(33)34-24-17-19-26-36(34)41(6,7)30-21-14-11-2/h16-19,23-28H,10-15,20-22,29-31H2,1-9H3,(H2,43,44,45). The van der Waals surface area contributed by atoms with Crippen molar-refractivity contribution in [3.05, 3.63) is 77.4 Å². The van der Waals surface area contributed by atoms with Crippen LogP contribution in [-0.4, -0.2) is 9.79 Å². The number of benzene rings is 3. The first kappa shape index (κ1) is 38.3. The maximum absolute atomic E-state index is 13.4. The molecule has 0 amide bonds. The largest absolute Gasteiger partial charge is 0.356 e. The van der Waals surface area contributed by atoms with E-state index in [2.05, 4.69) is 111 Å². The van der Waals surface area contributed by atoms with E-state index in [1.807, 2.05) is 6.07 Å². The zero-order valence-electron chi connectivity index (χ0n) is 30.5. The minimum atomic E-state index is -4.59. The molecule has 0 aliphatic heterocycles. The highest BCUT2D eigenvalue weighted by Crippen LogP contribution is 2.51. The minimum absolute atomic E-state index is 0.0549. The fourth-order valence-electron chi connectivity index (χ4n) is 7.47. The summed E-state index contributed by atoms with van der Waals surface area (Å²) in [6.07, 6.45) is 13.3. The van der Waals surface area contributed by atoms with Gasteiger partial charge in [0.25, 0.3) is 0 Å². The fraction of sp³-hybridized carbons (Fsp3) is 0.571. The number of hydrogen-bond acceptors (Lipinski definition) is 1. The molecule has 3 rings (SSSR count). The SMILES string of the molecule is CCCCCC(C)(C)c1ccccc1-c1ccc(P(=O)(O)O)c(C(C)(C)CCCCC)c1-c1ccccc1C(C)(C)CCCCC. The van der Waals surface area contributed by atoms with Crippen LogP contribution in [0.5, 0.6) is 0 Å². The Hall–Kier alpha value is -2.19. The first-order valence-corrected chi connectivity index (χ1v) is 19.7. The van der Waals surface area contributed by atoms with Gasteiger partial charge in [0.15, 0.2) is 0 Å². The lowest BCUT2D eigenvalue weighted by atomic mass is 9.69. The molecule has 0 saturated heterocycles. The summed E-state index contributed by atoms with van der Waals surface area (Å²) in [5.74, 6) is 0. The van der Waals surface area contributed by atoms with E-state index in [1.54, 1.807) is 6.07 Å². The van der Waals surface area contributed by atoms with Crippen LogP contribution in [-0.2, 0) is 20.8 Å². The monoisotopic (exact) mass is 646 g/mol. The van der Waals surface area contributed by atoms with Gasteiger partial charge in [-0.3, -0.25) is 4.57 Å². The van der Waals surface area contributed by atoms with Gasteiger partial charge in [-0.15, -0.1) is 0 Å². The molecule has 254 valence electrons. The van der Waals surface area contributed by atoms with Gasteiger partial charge in [0.05, 0.1) is 5.30 Å². The molecule has 3 aromatic rings. The van der Waals surface area contributed by atoms with E-state index in [-0.39, 0.29) is 16.1 Å². The maximum atomic E-state index is 13.4. The second-order valence-electron chi connectivity index (χ2n) is 15.5. The van der Waals surface area contributed by atoms with Crippen molar-refractivity contribution in [1.82, 2.24) is 0 Å². The number of hydrogen-bond donors (Lipinski definition) is 2. The molecule has 2 N–H and O–H groups in total. The molecule has 0 unspecified atom stereocenters. The van der Waals surface area contributed by atoms with Crippen molar-refractivity contribution in [3.63, 3.8) is 0 Å². The van der Waals surface area contributed by atoms with Crippen molar-refractivity contribution in [2.45, 2.75) is 156 Å². The average Bonchev–Trinajstić information content (AvgIpc) is 3.00. The third-order valence-corrected chi connectivity index (χ3v) is 11.3. The highest BCUT2D eigenvalue weighted by molar-refractivity contribution is 7.60. The van der Waals surface area contributed by atoms with Crippen LogP contribution in [0.15, 0.2) is 60.7 Å². The topological polar surface area (TPSA) is 57.5 Å². The van der Waals surface area contributed by atoms with Crippen molar-refractivity contribution in [2.24, 2.45) is 0 Å². The van der Waals surface area contributed by atoms with Crippen LogP contribution in [0.3, 0.4) is 0 Å². The normalized spacial score (nSPS) is 12.9. The van der Waals surface area contributed by atoms with E-state index in [0.29, 0.717) is 0 Å². The average molecular weight is 647 g/mol. The third-order valence-electron chi connectivity index (χ3n) is 10.3. The van der Waals surface area contributed by atoms with E-state index in [0.717, 1.165) is 67.2 Å². The Morgan fingerprint density at radius 1 is 0.522 bits per heavy atom. The molecule has 0 heterocycles. The quantitative estimate of drug-likeness (QED) is 0.107. The van der Waals surface area contributed by atoms with E-state index < -0.39 is 13.0 Å². The van der Waals surface area contributed by atoms with E-state index in [9.17, 15) is 14.4 Å². The molecule has 3 aromatic carbocycles. The molecule has 3 nitrogen and oxygen atoms in total. The number of unbranched alkanes of at least 4 members (excludes halogenated alkanes) is 6. The van der Waals surface area contributed by atoms with Crippen LogP contribution in [0.25, 0.3) is 22.3 Å². The molecule has 0 spiro atoms. The predicted octanol–water partition coefficient (Wildman–Crippen LogP) is 12.4. The summed E-state index contributed by atoms with van der Waals surface area (Å²) in [5, 5.41) is 0.172. The summed E-state index contributed by atoms with van der Waals surface area (Å²) in [6, 6.07) is 21.2. The van der Waals surface area contributed by atoms with E-state index >= 15 is 0 Å². The van der Waals surface area contributed by atoms with Crippen molar-refractivity contribution in [2.75, 3.05) is 0 Å². The molecule has 46 heavy (non-hydrogen) atoms. The summed E-state index contributed by atoms with van der Waals surface area (Å²) in [7, 11) is -4.59. The molecular formula is C42H63O3P. The molecule has 0 aliphatic rings. The van der Waals surface area contributed by atoms with Gasteiger partial charge in [-0.1, -0.05) is 175 Å². The lowest BCUT2D eigenvalue weighted by Crippen LogP contribution is -2.29. The molecule has 0 aromatic heterocycles. The Kier molecular flexibility index (Phi) is 13.5. The van der Waals surface area contributed by atoms with Gasteiger partial charge in [-0.2, -0.15) is 0 Å². The van der Waals surface area contributed by atoms with Gasteiger partial charge in [-0.25, -0.2) is 0 Å². The Morgan fingerprint density at radius 3 is 1.39 bits per heavy atom. The van der Waals surface area contributed by atoms with Crippen LogP contribution in [0, 0.1) is 0 Å². The Morgan fingerprint density at radius 2 is 0.935 bits per heavy atom. The molecular weight excluding hydrogens is 583 g/mol. The molecule has 4 heteroatoms. The molecule has 0 fully saturated rings. The second-order valence-corrected chi connectivity index (χ2v) is 17.1. The highest BCUT2D eigenvalue weighted by atomic mass is 31.2. The van der Waals surface area contributed by atoms with Crippen molar-refractivity contribution in [3.8, 4) is 22.3 Å². The summed E-state index contributed by atoms with van der Waals surface area (Å²) >= 11 is 0. The molecule has 0 bridgehead atoms. The van der Waals surface area contributed by atoms with Crippen LogP contribution in [0.4, 0.5) is 0 Å². The summed E-state index contributed by atoms with van der Waals surface area (Å²) in [6.45, 7) is 20.5. The lowest BCUT2D eigenvalue weighted by molar-refractivity contribution is 0.384. The minimum Gasteiger partial charge on any atom is -0.321 e. The zero-order chi connectivity index (χ0) is 34.2. The Bertz CT molecular complexity index is 1460. The Labute approximate surface area is 281 Å². The lowest BCUT2D eigenvalue weighted by Gasteiger charge is -2.36. The first-order valence-electron chi connectivity index (χ1n) is 18.1. The predicted molar refractivity (Wildman–Crippen MR) is 200 cm³/mol. The van der Waals surface area contributed by atoms with Gasteiger partial charge < -0.3 is 9.79 Å². The van der Waals surface area contributed by atoms with Gasteiger partial charge >= 0.3 is 7.60 Å². The smallest absolute Gasteiger partial charge is 0.321 e. The van der Waals surface area contributed by atoms with Gasteiger partial charge in [0.2, 0.25) is 0 Å². The summed E-state index contributed by atoms with van der Waals surface area (Å²) in [5.41, 5.74) is 7.08. The van der Waals surface area contributed by atoms with Crippen LogP contribution >= 0.6 is 7.60 Å². The van der Waals surface area contributed by atoms with Crippen LogP contribution in [0.1, 0.15) is 156 Å². The second kappa shape index (κ2) is 16.3. The van der Waals surface area contributed by atoms with Crippen LogP contribution < -0.4 is 5.30 Å². The van der Waals surface area contributed by atoms with Gasteiger partial charge in [0, 0.05) is 0 Å². The third kappa shape index (κ3) is 9.24. The van der Waals surface area contributed by atoms with E-state index in [1.165, 1.54) is 48.8 Å². The van der Waals surface area contributed by atoms with Crippen molar-refractivity contribution >= 4 is 12.9 Å². The van der Waals surface area contributed by atoms with Gasteiger partial charge in [0.1, 0.15) is 0 Å². The molecule has 0 saturated carbocycles. The Balaban J connectivity index is 2.51. The zero-order valence-corrected chi connectivity index (χ0v) is 31.4. The van der Waals surface area contributed by atoms with E-state index in [4.69, 9.17) is 0 Å². The highest BCUT2D eigenvalue weighted by Gasteiger charge is 2.37.